The number of rotatable bonds is 8. The number of benzene rings is 3. The fraction of sp³-hybridized carbons (Fsp3) is 0.200. The van der Waals surface area contributed by atoms with Crippen molar-refractivity contribution in [3.05, 3.63) is 78.4 Å². The van der Waals surface area contributed by atoms with Gasteiger partial charge < -0.3 is 20.3 Å². The number of anilines is 3. The second kappa shape index (κ2) is 10.5. The molecule has 1 fully saturated rings. The number of piperazine rings is 1. The summed E-state index contributed by atoms with van der Waals surface area (Å²) in [6, 6.07) is 19.5. The number of hydrogen-bond donors (Lipinski definition) is 3. The summed E-state index contributed by atoms with van der Waals surface area (Å²) >= 11 is 0. The highest BCUT2D eigenvalue weighted by molar-refractivity contribution is 7.92. The normalized spacial score (nSPS) is 13.6. The van der Waals surface area contributed by atoms with Crippen LogP contribution in [-0.2, 0) is 14.8 Å². The summed E-state index contributed by atoms with van der Waals surface area (Å²) in [6.07, 6.45) is 0. The third-order valence-electron chi connectivity index (χ3n) is 5.37. The van der Waals surface area contributed by atoms with E-state index in [1.54, 1.807) is 36.4 Å². The Kier molecular flexibility index (Phi) is 7.21. The predicted octanol–water partition coefficient (Wildman–Crippen LogP) is 3.07. The molecule has 1 aliphatic rings. The standard InChI is InChI=1S/C25H26N4O5S/c1-2-34-22-11-7-20(8-12-22)28-35(32,33)23-13-3-18(4-14-23)25(31)27-19-5-9-21(10-6-19)29-16-15-26-24(30)17-29/h3-14,28H,2,15-17H2,1H3,(H,26,30)(H,27,31). The summed E-state index contributed by atoms with van der Waals surface area (Å²) < 4.78 is 33.3. The van der Waals surface area contributed by atoms with E-state index in [0.717, 1.165) is 12.2 Å². The van der Waals surface area contributed by atoms with Crippen LogP contribution in [0.3, 0.4) is 0 Å². The first kappa shape index (κ1) is 24.1. The maximum absolute atomic E-state index is 12.7. The fourth-order valence-corrected chi connectivity index (χ4v) is 4.66. The number of amides is 2. The van der Waals surface area contributed by atoms with Crippen molar-refractivity contribution in [1.82, 2.24) is 5.32 Å². The van der Waals surface area contributed by atoms with Crippen LogP contribution in [0.25, 0.3) is 0 Å². The van der Waals surface area contributed by atoms with Gasteiger partial charge in [0.25, 0.3) is 15.9 Å². The molecule has 2 amide bonds. The topological polar surface area (TPSA) is 117 Å². The zero-order valence-electron chi connectivity index (χ0n) is 19.2. The van der Waals surface area contributed by atoms with Crippen molar-refractivity contribution in [3.63, 3.8) is 0 Å². The Morgan fingerprint density at radius 2 is 1.63 bits per heavy atom. The lowest BCUT2D eigenvalue weighted by atomic mass is 10.2. The van der Waals surface area contributed by atoms with Gasteiger partial charge in [-0.25, -0.2) is 8.42 Å². The average Bonchev–Trinajstić information content (AvgIpc) is 2.86. The highest BCUT2D eigenvalue weighted by Gasteiger charge is 2.17. The minimum Gasteiger partial charge on any atom is -0.494 e. The lowest BCUT2D eigenvalue weighted by molar-refractivity contribution is -0.120. The number of nitrogens with zero attached hydrogens (tertiary/aromatic N) is 1. The fourth-order valence-electron chi connectivity index (χ4n) is 3.60. The van der Waals surface area contributed by atoms with Crippen LogP contribution in [0.4, 0.5) is 17.1 Å². The molecule has 0 saturated carbocycles. The van der Waals surface area contributed by atoms with Gasteiger partial charge in [0.15, 0.2) is 0 Å². The van der Waals surface area contributed by atoms with E-state index in [9.17, 15) is 18.0 Å². The number of carbonyl (C=O) groups is 2. The molecule has 3 aromatic rings. The van der Waals surface area contributed by atoms with Gasteiger partial charge in [-0.1, -0.05) is 0 Å². The van der Waals surface area contributed by atoms with E-state index in [-0.39, 0.29) is 16.7 Å². The van der Waals surface area contributed by atoms with E-state index >= 15 is 0 Å². The number of hydrogen-bond acceptors (Lipinski definition) is 6. The summed E-state index contributed by atoms with van der Waals surface area (Å²) in [5, 5.41) is 5.58. The monoisotopic (exact) mass is 494 g/mol. The van der Waals surface area contributed by atoms with Gasteiger partial charge in [0, 0.05) is 35.7 Å². The van der Waals surface area contributed by atoms with Crippen LogP contribution >= 0.6 is 0 Å². The number of nitrogens with one attached hydrogen (secondary N) is 3. The summed E-state index contributed by atoms with van der Waals surface area (Å²) in [5.74, 6) is 0.270. The predicted molar refractivity (Wildman–Crippen MR) is 134 cm³/mol. The molecular formula is C25H26N4O5S. The second-order valence-corrected chi connectivity index (χ2v) is 9.54. The molecule has 9 nitrogen and oxygen atoms in total. The SMILES string of the molecule is CCOc1ccc(NS(=O)(=O)c2ccc(C(=O)Nc3ccc(N4CCNC(=O)C4)cc3)cc2)cc1. The van der Waals surface area contributed by atoms with E-state index in [0.29, 0.717) is 42.4 Å². The molecule has 0 unspecified atom stereocenters. The Bertz CT molecular complexity index is 1290. The van der Waals surface area contributed by atoms with Crippen molar-refractivity contribution in [1.29, 1.82) is 0 Å². The molecule has 10 heteroatoms. The summed E-state index contributed by atoms with van der Waals surface area (Å²) in [7, 11) is -3.81. The number of ether oxygens (including phenoxy) is 1. The summed E-state index contributed by atoms with van der Waals surface area (Å²) in [4.78, 5) is 26.2. The Morgan fingerprint density at radius 1 is 0.971 bits per heavy atom. The molecule has 0 aromatic heterocycles. The van der Waals surface area contributed by atoms with E-state index in [1.165, 1.54) is 24.3 Å². The average molecular weight is 495 g/mol. The first-order chi connectivity index (χ1) is 16.8. The van der Waals surface area contributed by atoms with Gasteiger partial charge in [-0.05, 0) is 79.7 Å². The molecular weight excluding hydrogens is 468 g/mol. The van der Waals surface area contributed by atoms with Crippen LogP contribution in [-0.4, -0.2) is 46.5 Å². The maximum atomic E-state index is 12.7. The molecule has 3 aromatic carbocycles. The molecule has 182 valence electrons. The minimum atomic E-state index is -3.81. The van der Waals surface area contributed by atoms with Gasteiger partial charge in [0.2, 0.25) is 5.91 Å². The molecule has 1 aliphatic heterocycles. The lowest BCUT2D eigenvalue weighted by Crippen LogP contribution is -2.47. The first-order valence-electron chi connectivity index (χ1n) is 11.1. The largest absolute Gasteiger partial charge is 0.494 e. The van der Waals surface area contributed by atoms with Gasteiger partial charge in [0.1, 0.15) is 5.75 Å². The zero-order chi connectivity index (χ0) is 24.8. The van der Waals surface area contributed by atoms with Crippen molar-refractivity contribution >= 4 is 38.9 Å². The Balaban J connectivity index is 1.37. The van der Waals surface area contributed by atoms with Crippen LogP contribution in [0.15, 0.2) is 77.7 Å². The molecule has 0 atom stereocenters. The Hall–Kier alpha value is -4.05. The van der Waals surface area contributed by atoms with Crippen LogP contribution in [0.5, 0.6) is 5.75 Å². The third-order valence-corrected chi connectivity index (χ3v) is 6.77. The van der Waals surface area contributed by atoms with Crippen LogP contribution < -0.4 is 25.0 Å². The molecule has 0 radical (unpaired) electrons. The molecule has 1 heterocycles. The summed E-state index contributed by atoms with van der Waals surface area (Å²) in [5.41, 5.74) is 2.22. The Morgan fingerprint density at radius 3 is 2.26 bits per heavy atom. The zero-order valence-corrected chi connectivity index (χ0v) is 20.0. The lowest BCUT2D eigenvalue weighted by Gasteiger charge is -2.28. The van der Waals surface area contributed by atoms with E-state index in [4.69, 9.17) is 4.74 Å². The van der Waals surface area contributed by atoms with Crippen LogP contribution in [0, 0.1) is 0 Å². The number of sulfonamides is 1. The van der Waals surface area contributed by atoms with Gasteiger partial charge in [0.05, 0.1) is 18.0 Å². The quantitative estimate of drug-likeness (QED) is 0.443. The molecule has 0 spiro atoms. The van der Waals surface area contributed by atoms with E-state index < -0.39 is 10.0 Å². The molecule has 3 N–H and O–H groups in total. The van der Waals surface area contributed by atoms with Crippen LogP contribution in [0.1, 0.15) is 17.3 Å². The highest BCUT2D eigenvalue weighted by Crippen LogP contribution is 2.21. The van der Waals surface area contributed by atoms with Crippen molar-refractivity contribution in [2.75, 3.05) is 41.2 Å². The molecule has 0 aliphatic carbocycles. The van der Waals surface area contributed by atoms with Gasteiger partial charge in [-0.2, -0.15) is 0 Å². The smallest absolute Gasteiger partial charge is 0.261 e. The highest BCUT2D eigenvalue weighted by atomic mass is 32.2. The van der Waals surface area contributed by atoms with Crippen molar-refractivity contribution in [2.45, 2.75) is 11.8 Å². The molecule has 1 saturated heterocycles. The second-order valence-electron chi connectivity index (χ2n) is 7.86. The first-order valence-corrected chi connectivity index (χ1v) is 12.6. The Labute approximate surface area is 204 Å². The number of carbonyl (C=O) groups excluding carboxylic acids is 2. The summed E-state index contributed by atoms with van der Waals surface area (Å²) in [6.45, 7) is 4.01. The maximum Gasteiger partial charge on any atom is 0.261 e. The van der Waals surface area contributed by atoms with E-state index in [2.05, 4.69) is 15.4 Å². The molecule has 0 bridgehead atoms. The van der Waals surface area contributed by atoms with Gasteiger partial charge >= 0.3 is 0 Å². The van der Waals surface area contributed by atoms with Gasteiger partial charge in [-0.3, -0.25) is 14.3 Å². The molecule has 35 heavy (non-hydrogen) atoms. The van der Waals surface area contributed by atoms with Crippen LogP contribution in [0.2, 0.25) is 0 Å². The van der Waals surface area contributed by atoms with Gasteiger partial charge in [-0.15, -0.1) is 0 Å². The van der Waals surface area contributed by atoms with Crippen molar-refractivity contribution < 1.29 is 22.7 Å². The molecule has 4 rings (SSSR count). The van der Waals surface area contributed by atoms with Crippen molar-refractivity contribution in [2.24, 2.45) is 0 Å². The van der Waals surface area contributed by atoms with Crippen molar-refractivity contribution in [3.8, 4) is 5.75 Å². The third kappa shape index (κ3) is 6.10. The van der Waals surface area contributed by atoms with E-state index in [1.807, 2.05) is 24.0 Å². The minimum absolute atomic E-state index is 0.0197.